The largest absolute Gasteiger partial charge is 0.418 e. The molecule has 0 bridgehead atoms. The van der Waals surface area contributed by atoms with E-state index < -0.39 is 17.6 Å². The monoisotopic (exact) mass is 411 g/mol. The number of rotatable bonds is 6. The van der Waals surface area contributed by atoms with Gasteiger partial charge in [-0.1, -0.05) is 43.7 Å². The first-order valence-electron chi connectivity index (χ1n) is 9.52. The van der Waals surface area contributed by atoms with Gasteiger partial charge in [-0.05, 0) is 30.7 Å². The third-order valence-electron chi connectivity index (χ3n) is 4.72. The Labute approximate surface area is 172 Å². The molecule has 3 aromatic rings. The molecule has 0 saturated carbocycles. The zero-order valence-corrected chi connectivity index (χ0v) is 16.3. The summed E-state index contributed by atoms with van der Waals surface area (Å²) in [6.07, 6.45) is 0.641. The number of alkyl halides is 3. The van der Waals surface area contributed by atoms with Gasteiger partial charge >= 0.3 is 6.18 Å². The molecule has 0 aliphatic carbocycles. The first kappa shape index (κ1) is 21.2. The lowest BCUT2D eigenvalue weighted by atomic mass is 10.1. The van der Waals surface area contributed by atoms with Crippen LogP contribution in [-0.2, 0) is 17.5 Å². The minimum atomic E-state index is -4.62. The van der Waals surface area contributed by atoms with Gasteiger partial charge in [0.25, 0.3) is 5.91 Å². The molecule has 1 amide bonds. The number of fused-ring (bicyclic) bond motifs is 1. The molecule has 2 aromatic carbocycles. The molecule has 154 valence electrons. The Morgan fingerprint density at radius 3 is 2.57 bits per heavy atom. The second-order valence-corrected chi connectivity index (χ2v) is 6.82. The lowest BCUT2D eigenvalue weighted by Crippen LogP contribution is -2.17. The summed E-state index contributed by atoms with van der Waals surface area (Å²) in [6.45, 7) is 2.88. The van der Waals surface area contributed by atoms with Gasteiger partial charge in [0.15, 0.2) is 0 Å². The van der Waals surface area contributed by atoms with E-state index in [1.807, 2.05) is 30.5 Å². The van der Waals surface area contributed by atoms with Gasteiger partial charge in [0.2, 0.25) is 0 Å². The van der Waals surface area contributed by atoms with E-state index in [9.17, 15) is 23.2 Å². The summed E-state index contributed by atoms with van der Waals surface area (Å²) in [4.78, 5) is 12.6. The third-order valence-corrected chi connectivity index (χ3v) is 4.72. The summed E-state index contributed by atoms with van der Waals surface area (Å²) < 4.78 is 41.6. The lowest BCUT2D eigenvalue weighted by Gasteiger charge is -2.13. The molecule has 0 spiro atoms. The predicted octanol–water partition coefficient (Wildman–Crippen LogP) is 6.01. The van der Waals surface area contributed by atoms with Crippen LogP contribution in [0.5, 0.6) is 0 Å². The van der Waals surface area contributed by atoms with Crippen molar-refractivity contribution in [3.63, 3.8) is 0 Å². The number of amides is 1. The Bertz CT molecular complexity index is 1140. The number of aryl methyl sites for hydroxylation is 1. The highest BCUT2D eigenvalue weighted by Crippen LogP contribution is 2.34. The normalized spacial score (nSPS) is 12.0. The summed E-state index contributed by atoms with van der Waals surface area (Å²) in [5.74, 6) is -0.889. The number of unbranched alkanes of at least 4 members (excludes halogenated alkanes) is 1. The minimum Gasteiger partial charge on any atom is -0.347 e. The Kier molecular flexibility index (Phi) is 6.26. The van der Waals surface area contributed by atoms with Crippen LogP contribution < -0.4 is 5.32 Å². The van der Waals surface area contributed by atoms with Gasteiger partial charge in [0.1, 0.15) is 11.6 Å². The van der Waals surface area contributed by atoms with Crippen LogP contribution in [0.4, 0.5) is 18.9 Å². The summed E-state index contributed by atoms with van der Waals surface area (Å²) >= 11 is 0. The van der Waals surface area contributed by atoms with E-state index in [1.165, 1.54) is 18.2 Å². The number of nitrogens with one attached hydrogen (secondary N) is 1. The average molecular weight is 411 g/mol. The van der Waals surface area contributed by atoms with Crippen molar-refractivity contribution < 1.29 is 18.0 Å². The van der Waals surface area contributed by atoms with Crippen molar-refractivity contribution in [1.82, 2.24) is 4.57 Å². The van der Waals surface area contributed by atoms with E-state index in [4.69, 9.17) is 0 Å². The number of nitrogens with zero attached hydrogens (tertiary/aromatic N) is 2. The van der Waals surface area contributed by atoms with Crippen molar-refractivity contribution in [3.05, 3.63) is 71.4 Å². The van der Waals surface area contributed by atoms with Crippen molar-refractivity contribution in [1.29, 1.82) is 5.26 Å². The number of anilines is 1. The molecule has 30 heavy (non-hydrogen) atoms. The van der Waals surface area contributed by atoms with Gasteiger partial charge in [-0.3, -0.25) is 4.79 Å². The topological polar surface area (TPSA) is 57.8 Å². The molecule has 0 aliphatic heterocycles. The summed E-state index contributed by atoms with van der Waals surface area (Å²) in [5.41, 5.74) is 0.00790. The number of nitriles is 1. The molecule has 7 heteroatoms. The zero-order valence-electron chi connectivity index (χ0n) is 16.3. The fourth-order valence-corrected chi connectivity index (χ4v) is 3.24. The molecule has 1 aromatic heterocycles. The first-order chi connectivity index (χ1) is 14.3. The molecule has 0 radical (unpaired) electrons. The fraction of sp³-hybridized carbons (Fsp3) is 0.217. The van der Waals surface area contributed by atoms with Crippen LogP contribution in [0.2, 0.25) is 0 Å². The molecule has 0 aliphatic rings. The average Bonchev–Trinajstić information content (AvgIpc) is 3.07. The van der Waals surface area contributed by atoms with Crippen LogP contribution in [0.1, 0.15) is 30.9 Å². The molecule has 0 saturated heterocycles. The van der Waals surface area contributed by atoms with Crippen LogP contribution in [0.3, 0.4) is 0 Å². The number of carbonyl (C=O) groups is 1. The van der Waals surface area contributed by atoms with E-state index in [2.05, 4.69) is 16.8 Å². The fourth-order valence-electron chi connectivity index (χ4n) is 3.24. The van der Waals surface area contributed by atoms with Crippen molar-refractivity contribution in [3.8, 4) is 6.07 Å². The van der Waals surface area contributed by atoms with Crippen LogP contribution in [-0.4, -0.2) is 10.5 Å². The van der Waals surface area contributed by atoms with Gasteiger partial charge < -0.3 is 9.88 Å². The predicted molar refractivity (Wildman–Crippen MR) is 111 cm³/mol. The maximum Gasteiger partial charge on any atom is 0.418 e. The van der Waals surface area contributed by atoms with Gasteiger partial charge in [-0.25, -0.2) is 0 Å². The minimum absolute atomic E-state index is 0.273. The molecule has 1 heterocycles. The van der Waals surface area contributed by atoms with Crippen molar-refractivity contribution in [2.75, 3.05) is 5.32 Å². The number of halogens is 3. The van der Waals surface area contributed by atoms with Crippen molar-refractivity contribution in [2.24, 2.45) is 0 Å². The van der Waals surface area contributed by atoms with E-state index >= 15 is 0 Å². The van der Waals surface area contributed by atoms with E-state index in [-0.39, 0.29) is 11.3 Å². The van der Waals surface area contributed by atoms with Crippen LogP contribution >= 0.6 is 0 Å². The van der Waals surface area contributed by atoms with Crippen molar-refractivity contribution >= 4 is 28.6 Å². The molecular formula is C23H20F3N3O. The Morgan fingerprint density at radius 2 is 1.87 bits per heavy atom. The van der Waals surface area contributed by atoms with Crippen LogP contribution in [0, 0.1) is 11.3 Å². The Balaban J connectivity index is 1.96. The highest BCUT2D eigenvalue weighted by molar-refractivity contribution is 6.11. The summed E-state index contributed by atoms with van der Waals surface area (Å²) in [5, 5.41) is 12.6. The highest BCUT2D eigenvalue weighted by atomic mass is 19.4. The number of para-hydroxylation sites is 2. The molecule has 4 nitrogen and oxygen atoms in total. The summed E-state index contributed by atoms with van der Waals surface area (Å²) in [6, 6.07) is 14.1. The van der Waals surface area contributed by atoms with Gasteiger partial charge in [-0.15, -0.1) is 0 Å². The second-order valence-electron chi connectivity index (χ2n) is 6.82. The SMILES string of the molecule is CCCCn1cc(C=C(C#N)C(=O)Nc2ccccc2C(F)(F)F)c2ccccc21. The van der Waals surface area contributed by atoms with Crippen LogP contribution in [0.25, 0.3) is 17.0 Å². The van der Waals surface area contributed by atoms with E-state index in [0.717, 1.165) is 42.4 Å². The number of benzene rings is 2. The number of hydrogen-bond acceptors (Lipinski definition) is 2. The molecule has 0 unspecified atom stereocenters. The van der Waals surface area contributed by atoms with Crippen molar-refractivity contribution in [2.45, 2.75) is 32.5 Å². The molecule has 3 rings (SSSR count). The Morgan fingerprint density at radius 1 is 1.17 bits per heavy atom. The smallest absolute Gasteiger partial charge is 0.347 e. The lowest BCUT2D eigenvalue weighted by molar-refractivity contribution is -0.137. The van der Waals surface area contributed by atoms with E-state index in [0.29, 0.717) is 5.56 Å². The molecule has 0 atom stereocenters. The maximum absolute atomic E-state index is 13.2. The standard InChI is InChI=1S/C23H20F3N3O/c1-2-3-12-29-15-17(18-8-4-7-11-21(18)29)13-16(14-27)22(30)28-20-10-6-5-9-19(20)23(24,25)26/h4-11,13,15H,2-3,12H2,1H3,(H,28,30). The Hall–Kier alpha value is -3.53. The molecular weight excluding hydrogens is 391 g/mol. The number of aromatic nitrogens is 1. The number of hydrogen-bond donors (Lipinski definition) is 1. The zero-order chi connectivity index (χ0) is 21.7. The molecule has 1 N–H and O–H groups in total. The number of carbonyl (C=O) groups excluding carboxylic acids is 1. The molecule has 0 fully saturated rings. The van der Waals surface area contributed by atoms with Gasteiger partial charge in [-0.2, -0.15) is 18.4 Å². The van der Waals surface area contributed by atoms with Gasteiger partial charge in [0.05, 0.1) is 11.3 Å². The third kappa shape index (κ3) is 4.54. The van der Waals surface area contributed by atoms with Crippen LogP contribution in [0.15, 0.2) is 60.3 Å². The van der Waals surface area contributed by atoms with Gasteiger partial charge in [0, 0.05) is 29.2 Å². The second kappa shape index (κ2) is 8.87. The quantitative estimate of drug-likeness (QED) is 0.399. The summed E-state index contributed by atoms with van der Waals surface area (Å²) in [7, 11) is 0. The van der Waals surface area contributed by atoms with E-state index in [1.54, 1.807) is 6.07 Å². The first-order valence-corrected chi connectivity index (χ1v) is 9.52. The maximum atomic E-state index is 13.2. The highest BCUT2D eigenvalue weighted by Gasteiger charge is 2.33.